The van der Waals surface area contributed by atoms with Gasteiger partial charge in [0.25, 0.3) is 0 Å². The van der Waals surface area contributed by atoms with E-state index >= 15 is 0 Å². The smallest absolute Gasteiger partial charge is 0.153 e. The van der Waals surface area contributed by atoms with Crippen LogP contribution in [0.5, 0.6) is 0 Å². The third-order valence-corrected chi connectivity index (χ3v) is 2.44. The van der Waals surface area contributed by atoms with E-state index in [-0.39, 0.29) is 0 Å². The summed E-state index contributed by atoms with van der Waals surface area (Å²) in [6, 6.07) is 3.37. The summed E-state index contributed by atoms with van der Waals surface area (Å²) in [5, 5.41) is 9.98. The Labute approximate surface area is 87.3 Å². The summed E-state index contributed by atoms with van der Waals surface area (Å²) >= 11 is 5.76. The summed E-state index contributed by atoms with van der Waals surface area (Å²) in [7, 11) is 0. The molecule has 1 aliphatic rings. The highest BCUT2D eigenvalue weighted by molar-refractivity contribution is 6.29. The van der Waals surface area contributed by atoms with Crippen LogP contribution in [0.2, 0.25) is 5.15 Å². The predicted octanol–water partition coefficient (Wildman–Crippen LogP) is 0.888. The summed E-state index contributed by atoms with van der Waals surface area (Å²) in [6.07, 6.45) is 0. The van der Waals surface area contributed by atoms with Gasteiger partial charge in [0.15, 0.2) is 5.82 Å². The molecule has 0 aromatic carbocycles. The van der Waals surface area contributed by atoms with Gasteiger partial charge < -0.3 is 15.7 Å². The van der Waals surface area contributed by atoms with Crippen LogP contribution in [-0.4, -0.2) is 28.8 Å². The van der Waals surface area contributed by atoms with Crippen LogP contribution in [0.4, 0.5) is 11.5 Å². The maximum atomic E-state index is 9.56. The highest BCUT2D eigenvalue weighted by atomic mass is 35.5. The van der Waals surface area contributed by atoms with Gasteiger partial charge >= 0.3 is 0 Å². The second-order valence-electron chi connectivity index (χ2n) is 3.90. The van der Waals surface area contributed by atoms with E-state index in [2.05, 4.69) is 4.98 Å². The maximum absolute atomic E-state index is 9.56. The first-order chi connectivity index (χ1) is 6.48. The van der Waals surface area contributed by atoms with E-state index in [1.165, 1.54) is 0 Å². The standard InChI is InChI=1S/C9H12ClN3O/c1-9(14)4-13(5-9)8-6(11)2-3-7(10)12-8/h2-3,14H,4-5,11H2,1H3. The molecule has 0 unspecified atom stereocenters. The number of hydrogen-bond acceptors (Lipinski definition) is 4. The third kappa shape index (κ3) is 1.63. The molecule has 1 aromatic heterocycles. The molecule has 1 saturated heterocycles. The first-order valence-corrected chi connectivity index (χ1v) is 4.75. The monoisotopic (exact) mass is 213 g/mol. The lowest BCUT2D eigenvalue weighted by Gasteiger charge is -2.45. The Morgan fingerprint density at radius 3 is 2.79 bits per heavy atom. The first-order valence-electron chi connectivity index (χ1n) is 4.37. The SMILES string of the molecule is CC1(O)CN(c2nc(Cl)ccc2N)C1. The van der Waals surface area contributed by atoms with E-state index in [0.29, 0.717) is 29.7 Å². The van der Waals surface area contributed by atoms with Gasteiger partial charge in [-0.1, -0.05) is 11.6 Å². The number of halogens is 1. The number of rotatable bonds is 1. The van der Waals surface area contributed by atoms with Crippen LogP contribution in [0.15, 0.2) is 12.1 Å². The molecule has 0 atom stereocenters. The average molecular weight is 214 g/mol. The van der Waals surface area contributed by atoms with Crippen molar-refractivity contribution in [3.8, 4) is 0 Å². The largest absolute Gasteiger partial charge is 0.396 e. The van der Waals surface area contributed by atoms with Crippen LogP contribution in [0.1, 0.15) is 6.92 Å². The minimum atomic E-state index is -0.629. The number of aliphatic hydroxyl groups is 1. The fraction of sp³-hybridized carbons (Fsp3) is 0.444. The number of anilines is 2. The van der Waals surface area contributed by atoms with Gasteiger partial charge in [0.05, 0.1) is 11.3 Å². The van der Waals surface area contributed by atoms with Crippen LogP contribution in [-0.2, 0) is 0 Å². The summed E-state index contributed by atoms with van der Waals surface area (Å²) in [4.78, 5) is 6.02. The third-order valence-electron chi connectivity index (χ3n) is 2.23. The van der Waals surface area contributed by atoms with Crippen LogP contribution < -0.4 is 10.6 Å². The molecule has 1 fully saturated rings. The van der Waals surface area contributed by atoms with E-state index in [0.717, 1.165) is 0 Å². The molecule has 5 heteroatoms. The lowest BCUT2D eigenvalue weighted by Crippen LogP contribution is -2.60. The number of nitrogens with zero attached hydrogens (tertiary/aromatic N) is 2. The number of aromatic nitrogens is 1. The van der Waals surface area contributed by atoms with Crippen LogP contribution >= 0.6 is 11.6 Å². The zero-order valence-electron chi connectivity index (χ0n) is 7.87. The van der Waals surface area contributed by atoms with Crippen molar-refractivity contribution in [2.45, 2.75) is 12.5 Å². The molecule has 0 saturated carbocycles. The molecule has 2 heterocycles. The predicted molar refractivity (Wildman–Crippen MR) is 56.5 cm³/mol. The molecule has 2 rings (SSSR count). The van der Waals surface area contributed by atoms with E-state index in [1.54, 1.807) is 19.1 Å². The molecule has 0 bridgehead atoms. The average Bonchev–Trinajstić information content (AvgIpc) is 2.05. The zero-order chi connectivity index (χ0) is 10.3. The minimum Gasteiger partial charge on any atom is -0.396 e. The van der Waals surface area contributed by atoms with Gasteiger partial charge in [0.2, 0.25) is 0 Å². The number of nitrogen functional groups attached to an aromatic ring is 1. The Balaban J connectivity index is 2.22. The Hall–Kier alpha value is -1.00. The number of pyridine rings is 1. The van der Waals surface area contributed by atoms with Crippen molar-refractivity contribution in [2.75, 3.05) is 23.7 Å². The minimum absolute atomic E-state index is 0.417. The van der Waals surface area contributed by atoms with Gasteiger partial charge in [-0.25, -0.2) is 4.98 Å². The zero-order valence-corrected chi connectivity index (χ0v) is 8.62. The number of β-amino-alcohol motifs (C(OH)–C–C–N with tert-alkyl or cyclic N) is 1. The Morgan fingerprint density at radius 2 is 2.21 bits per heavy atom. The van der Waals surface area contributed by atoms with Crippen LogP contribution in [0.3, 0.4) is 0 Å². The van der Waals surface area contributed by atoms with Gasteiger partial charge in [0.1, 0.15) is 5.15 Å². The second kappa shape index (κ2) is 3.00. The maximum Gasteiger partial charge on any atom is 0.153 e. The topological polar surface area (TPSA) is 62.4 Å². The van der Waals surface area contributed by atoms with Crippen molar-refractivity contribution in [3.05, 3.63) is 17.3 Å². The van der Waals surface area contributed by atoms with Crippen molar-refractivity contribution in [3.63, 3.8) is 0 Å². The molecule has 4 nitrogen and oxygen atoms in total. The fourth-order valence-corrected chi connectivity index (χ4v) is 1.76. The molecular weight excluding hydrogens is 202 g/mol. The van der Waals surface area contributed by atoms with Crippen molar-refractivity contribution in [1.29, 1.82) is 0 Å². The second-order valence-corrected chi connectivity index (χ2v) is 4.29. The van der Waals surface area contributed by atoms with Crippen molar-refractivity contribution in [2.24, 2.45) is 0 Å². The van der Waals surface area contributed by atoms with Gasteiger partial charge in [-0.3, -0.25) is 0 Å². The van der Waals surface area contributed by atoms with Gasteiger partial charge in [-0.15, -0.1) is 0 Å². The van der Waals surface area contributed by atoms with E-state index < -0.39 is 5.60 Å². The van der Waals surface area contributed by atoms with Gasteiger partial charge in [-0.2, -0.15) is 0 Å². The molecule has 14 heavy (non-hydrogen) atoms. The number of nitrogens with two attached hydrogens (primary N) is 1. The highest BCUT2D eigenvalue weighted by Gasteiger charge is 2.38. The van der Waals surface area contributed by atoms with E-state index in [1.807, 2.05) is 4.90 Å². The molecule has 1 aromatic rings. The van der Waals surface area contributed by atoms with Gasteiger partial charge in [-0.05, 0) is 19.1 Å². The highest BCUT2D eigenvalue weighted by Crippen LogP contribution is 2.30. The fourth-order valence-electron chi connectivity index (χ4n) is 1.62. The van der Waals surface area contributed by atoms with E-state index in [9.17, 15) is 5.11 Å². The molecule has 0 spiro atoms. The molecular formula is C9H12ClN3O. The molecule has 0 aliphatic carbocycles. The van der Waals surface area contributed by atoms with Crippen LogP contribution in [0.25, 0.3) is 0 Å². The van der Waals surface area contributed by atoms with Crippen LogP contribution in [0, 0.1) is 0 Å². The van der Waals surface area contributed by atoms with E-state index in [4.69, 9.17) is 17.3 Å². The molecule has 0 radical (unpaired) electrons. The number of hydrogen-bond donors (Lipinski definition) is 2. The van der Waals surface area contributed by atoms with Crippen molar-refractivity contribution >= 4 is 23.1 Å². The summed E-state index contributed by atoms with van der Waals surface area (Å²) in [5.41, 5.74) is 5.70. The molecule has 76 valence electrons. The Morgan fingerprint density at radius 1 is 1.57 bits per heavy atom. The lowest BCUT2D eigenvalue weighted by molar-refractivity contribution is 0.0306. The van der Waals surface area contributed by atoms with Crippen molar-refractivity contribution < 1.29 is 5.11 Å². The van der Waals surface area contributed by atoms with Gasteiger partial charge in [0, 0.05) is 13.1 Å². The first kappa shape index (κ1) is 9.55. The Bertz CT molecular complexity index is 359. The summed E-state index contributed by atoms with van der Waals surface area (Å²) < 4.78 is 0. The molecule has 1 aliphatic heterocycles. The molecule has 0 amide bonds. The normalized spacial score (nSPS) is 19.2. The lowest BCUT2D eigenvalue weighted by atomic mass is 9.97. The van der Waals surface area contributed by atoms with Crippen molar-refractivity contribution in [1.82, 2.24) is 4.98 Å². The quantitative estimate of drug-likeness (QED) is 0.681. The molecule has 3 N–H and O–H groups in total. The Kier molecular flexibility index (Phi) is 2.05. The summed E-state index contributed by atoms with van der Waals surface area (Å²) in [5.74, 6) is 0.657. The summed E-state index contributed by atoms with van der Waals surface area (Å²) in [6.45, 7) is 2.87.